The first-order valence-corrected chi connectivity index (χ1v) is 8.97. The van der Waals surface area contributed by atoms with E-state index in [-0.39, 0.29) is 0 Å². The number of rotatable bonds is 4. The SMILES string of the molecule is CCc1c(Cl)ncnc1Sc1ccc(S(C)(=O)=O)cc1. The van der Waals surface area contributed by atoms with Gasteiger partial charge in [0.2, 0.25) is 0 Å². The second-order valence-corrected chi connectivity index (χ2v) is 7.58. The Morgan fingerprint density at radius 3 is 2.40 bits per heavy atom. The van der Waals surface area contributed by atoms with Crippen molar-refractivity contribution in [2.24, 2.45) is 0 Å². The smallest absolute Gasteiger partial charge is 0.175 e. The Kier molecular flexibility index (Phi) is 4.67. The van der Waals surface area contributed by atoms with Crippen LogP contribution in [0.5, 0.6) is 0 Å². The van der Waals surface area contributed by atoms with Gasteiger partial charge in [0, 0.05) is 16.7 Å². The van der Waals surface area contributed by atoms with E-state index in [1.165, 1.54) is 24.3 Å². The first-order chi connectivity index (χ1) is 9.41. The summed E-state index contributed by atoms with van der Waals surface area (Å²) >= 11 is 7.48. The molecule has 1 heterocycles. The molecule has 1 aromatic heterocycles. The zero-order valence-corrected chi connectivity index (χ0v) is 13.4. The van der Waals surface area contributed by atoms with E-state index < -0.39 is 9.84 Å². The number of aromatic nitrogens is 2. The van der Waals surface area contributed by atoms with Crippen LogP contribution in [0.15, 0.2) is 45.4 Å². The van der Waals surface area contributed by atoms with Crippen LogP contribution < -0.4 is 0 Å². The van der Waals surface area contributed by atoms with E-state index in [9.17, 15) is 8.42 Å². The molecule has 2 rings (SSSR count). The number of hydrogen-bond acceptors (Lipinski definition) is 5. The first kappa shape index (κ1) is 15.3. The normalized spacial score (nSPS) is 11.6. The summed E-state index contributed by atoms with van der Waals surface area (Å²) in [5.41, 5.74) is 0.895. The third kappa shape index (κ3) is 3.50. The Balaban J connectivity index is 2.29. The molecule has 0 saturated carbocycles. The lowest BCUT2D eigenvalue weighted by molar-refractivity contribution is 0.602. The quantitative estimate of drug-likeness (QED) is 0.806. The van der Waals surface area contributed by atoms with Gasteiger partial charge in [0.15, 0.2) is 9.84 Å². The molecule has 0 radical (unpaired) electrons. The van der Waals surface area contributed by atoms with Crippen molar-refractivity contribution in [1.82, 2.24) is 9.97 Å². The van der Waals surface area contributed by atoms with Gasteiger partial charge in [-0.05, 0) is 30.7 Å². The minimum Gasteiger partial charge on any atom is -0.229 e. The lowest BCUT2D eigenvalue weighted by Gasteiger charge is -2.07. The molecule has 0 N–H and O–H groups in total. The van der Waals surface area contributed by atoms with Crippen LogP contribution >= 0.6 is 23.4 Å². The van der Waals surface area contributed by atoms with Crippen LogP contribution in [0.25, 0.3) is 0 Å². The Morgan fingerprint density at radius 1 is 1.20 bits per heavy atom. The maximum Gasteiger partial charge on any atom is 0.175 e. The Morgan fingerprint density at radius 2 is 1.85 bits per heavy atom. The highest BCUT2D eigenvalue weighted by molar-refractivity contribution is 7.99. The van der Waals surface area contributed by atoms with Crippen LogP contribution in [0.1, 0.15) is 12.5 Å². The van der Waals surface area contributed by atoms with Crippen molar-refractivity contribution in [3.8, 4) is 0 Å². The molecule has 0 amide bonds. The van der Waals surface area contributed by atoms with E-state index in [2.05, 4.69) is 9.97 Å². The topological polar surface area (TPSA) is 59.9 Å². The summed E-state index contributed by atoms with van der Waals surface area (Å²) < 4.78 is 22.8. The predicted octanol–water partition coefficient (Wildman–Crippen LogP) is 3.25. The Hall–Kier alpha value is -1.11. The fourth-order valence-electron chi connectivity index (χ4n) is 1.63. The van der Waals surface area contributed by atoms with E-state index in [0.29, 0.717) is 10.0 Å². The Bertz CT molecular complexity index is 716. The number of benzene rings is 1. The van der Waals surface area contributed by atoms with E-state index >= 15 is 0 Å². The van der Waals surface area contributed by atoms with Gasteiger partial charge in [-0.3, -0.25) is 0 Å². The highest BCUT2D eigenvalue weighted by atomic mass is 35.5. The summed E-state index contributed by atoms with van der Waals surface area (Å²) in [5, 5.41) is 1.25. The third-order valence-corrected chi connectivity index (χ3v) is 5.18. The van der Waals surface area contributed by atoms with Gasteiger partial charge < -0.3 is 0 Å². The summed E-state index contributed by atoms with van der Waals surface area (Å²) in [6.07, 6.45) is 3.35. The van der Waals surface area contributed by atoms with Crippen LogP contribution in [-0.2, 0) is 16.3 Å². The molecular formula is C13H13ClN2O2S2. The second-order valence-electron chi connectivity index (χ2n) is 4.15. The van der Waals surface area contributed by atoms with Gasteiger partial charge in [-0.2, -0.15) is 0 Å². The maximum absolute atomic E-state index is 11.4. The van der Waals surface area contributed by atoms with Gasteiger partial charge in [-0.25, -0.2) is 18.4 Å². The molecule has 0 atom stereocenters. The third-order valence-electron chi connectivity index (χ3n) is 2.67. The van der Waals surface area contributed by atoms with Gasteiger partial charge in [0.05, 0.1) is 4.90 Å². The van der Waals surface area contributed by atoms with E-state index in [4.69, 9.17) is 11.6 Å². The van der Waals surface area contributed by atoms with Crippen LogP contribution in [-0.4, -0.2) is 24.6 Å². The molecule has 0 spiro atoms. The van der Waals surface area contributed by atoms with Crippen molar-refractivity contribution in [3.63, 3.8) is 0 Å². The minimum absolute atomic E-state index is 0.304. The van der Waals surface area contributed by atoms with Crippen molar-refractivity contribution >= 4 is 33.2 Å². The largest absolute Gasteiger partial charge is 0.229 e. The maximum atomic E-state index is 11.4. The van der Waals surface area contributed by atoms with Crippen molar-refractivity contribution < 1.29 is 8.42 Å². The van der Waals surface area contributed by atoms with Crippen molar-refractivity contribution in [1.29, 1.82) is 0 Å². The molecule has 0 unspecified atom stereocenters. The van der Waals surface area contributed by atoms with Gasteiger partial charge >= 0.3 is 0 Å². The highest BCUT2D eigenvalue weighted by Crippen LogP contribution is 2.31. The lowest BCUT2D eigenvalue weighted by Crippen LogP contribution is -1.96. The van der Waals surface area contributed by atoms with E-state index in [1.54, 1.807) is 24.3 Å². The lowest BCUT2D eigenvalue weighted by atomic mass is 10.3. The van der Waals surface area contributed by atoms with Crippen molar-refractivity contribution in [2.75, 3.05) is 6.26 Å². The van der Waals surface area contributed by atoms with Gasteiger partial charge in [-0.15, -0.1) is 0 Å². The van der Waals surface area contributed by atoms with Crippen molar-refractivity contribution in [2.45, 2.75) is 28.2 Å². The summed E-state index contributed by atoms with van der Waals surface area (Å²) in [6, 6.07) is 6.70. The van der Waals surface area contributed by atoms with Gasteiger partial charge in [0.1, 0.15) is 16.5 Å². The molecule has 106 valence electrons. The molecule has 0 fully saturated rings. The highest BCUT2D eigenvalue weighted by Gasteiger charge is 2.11. The van der Waals surface area contributed by atoms with E-state index in [1.807, 2.05) is 6.92 Å². The summed E-state index contributed by atoms with van der Waals surface area (Å²) in [5.74, 6) is 0. The fourth-order valence-corrected chi connectivity index (χ4v) is 3.54. The zero-order chi connectivity index (χ0) is 14.8. The fraction of sp³-hybridized carbons (Fsp3) is 0.231. The molecule has 7 heteroatoms. The molecule has 1 aromatic carbocycles. The molecule has 20 heavy (non-hydrogen) atoms. The van der Waals surface area contributed by atoms with Gasteiger partial charge in [0.25, 0.3) is 0 Å². The molecule has 0 aliphatic rings. The number of nitrogens with zero attached hydrogens (tertiary/aromatic N) is 2. The van der Waals surface area contributed by atoms with Crippen LogP contribution in [0.2, 0.25) is 5.15 Å². The number of halogens is 1. The molecule has 0 aliphatic carbocycles. The molecule has 2 aromatic rings. The van der Waals surface area contributed by atoms with E-state index in [0.717, 1.165) is 21.9 Å². The van der Waals surface area contributed by atoms with Crippen LogP contribution in [0.3, 0.4) is 0 Å². The average Bonchev–Trinajstić information content (AvgIpc) is 2.38. The zero-order valence-electron chi connectivity index (χ0n) is 11.0. The predicted molar refractivity (Wildman–Crippen MR) is 80.1 cm³/mol. The molecule has 0 bridgehead atoms. The van der Waals surface area contributed by atoms with Gasteiger partial charge in [-0.1, -0.05) is 30.3 Å². The van der Waals surface area contributed by atoms with Crippen LogP contribution in [0, 0.1) is 0 Å². The molecular weight excluding hydrogens is 316 g/mol. The Labute approximate surface area is 127 Å². The molecule has 4 nitrogen and oxygen atoms in total. The first-order valence-electron chi connectivity index (χ1n) is 5.89. The monoisotopic (exact) mass is 328 g/mol. The van der Waals surface area contributed by atoms with Crippen LogP contribution in [0.4, 0.5) is 0 Å². The minimum atomic E-state index is -3.17. The molecule has 0 aliphatic heterocycles. The number of hydrogen-bond donors (Lipinski definition) is 0. The second kappa shape index (κ2) is 6.11. The summed E-state index contributed by atoms with van der Waals surface area (Å²) in [6.45, 7) is 1.99. The summed E-state index contributed by atoms with van der Waals surface area (Å²) in [4.78, 5) is 9.39. The summed E-state index contributed by atoms with van der Waals surface area (Å²) in [7, 11) is -3.17. The molecule has 0 saturated heterocycles. The van der Waals surface area contributed by atoms with Crippen molar-refractivity contribution in [3.05, 3.63) is 41.3 Å². The standard InChI is InChI=1S/C13H13ClN2O2S2/c1-3-11-12(14)15-8-16-13(11)19-9-4-6-10(7-5-9)20(2,17)18/h4-8H,3H2,1-2H3. The number of sulfone groups is 1. The average molecular weight is 329 g/mol.